The van der Waals surface area contributed by atoms with E-state index >= 15 is 0 Å². The monoisotopic (exact) mass is 610 g/mol. The Morgan fingerprint density at radius 2 is 0.979 bits per heavy atom. The predicted molar refractivity (Wildman–Crippen MR) is 195 cm³/mol. The molecule has 0 unspecified atom stereocenters. The number of rotatable bonds is 4. The standard InChI is InChI=1S/C44H26N4/c45-27-29-23-33(28-46)44(38(24-29)30-11-3-1-4-12-30)48-41-18-10-8-16-36(41)39-25-31(20-22-42(39)48)32-19-21-37-35-15-7-9-17-40(35)47(43(37)26-32)34-13-5-2-6-14-34/h1-26H. The lowest BCUT2D eigenvalue weighted by atomic mass is 9.97. The van der Waals surface area contributed by atoms with E-state index in [0.717, 1.165) is 61.0 Å². The summed E-state index contributed by atoms with van der Waals surface area (Å²) in [5.74, 6) is 0. The molecule has 0 amide bonds. The van der Waals surface area contributed by atoms with E-state index in [-0.39, 0.29) is 0 Å². The number of aromatic nitrogens is 2. The summed E-state index contributed by atoms with van der Waals surface area (Å²) in [7, 11) is 0. The number of fused-ring (bicyclic) bond motifs is 6. The molecule has 0 radical (unpaired) electrons. The number of nitrogens with zero attached hydrogens (tertiary/aromatic N) is 4. The molecule has 0 saturated carbocycles. The van der Waals surface area contributed by atoms with Crippen LogP contribution in [0.2, 0.25) is 0 Å². The Bertz CT molecular complexity index is 2790. The summed E-state index contributed by atoms with van der Waals surface area (Å²) in [6, 6.07) is 59.0. The van der Waals surface area contributed by atoms with Gasteiger partial charge in [-0.25, -0.2) is 0 Å². The minimum Gasteiger partial charge on any atom is -0.309 e. The summed E-state index contributed by atoms with van der Waals surface area (Å²) in [6.45, 7) is 0. The van der Waals surface area contributed by atoms with Crippen LogP contribution in [0.4, 0.5) is 0 Å². The fraction of sp³-hybridized carbons (Fsp3) is 0. The van der Waals surface area contributed by atoms with Crippen LogP contribution in [0.25, 0.3) is 77.2 Å². The Balaban J connectivity index is 1.30. The van der Waals surface area contributed by atoms with Crippen LogP contribution in [0.3, 0.4) is 0 Å². The first-order valence-electron chi connectivity index (χ1n) is 15.9. The fourth-order valence-electron chi connectivity index (χ4n) is 7.26. The Morgan fingerprint density at radius 3 is 1.71 bits per heavy atom. The lowest BCUT2D eigenvalue weighted by molar-refractivity contribution is 1.17. The highest BCUT2D eigenvalue weighted by Crippen LogP contribution is 2.41. The second-order valence-corrected chi connectivity index (χ2v) is 12.0. The molecule has 2 aromatic heterocycles. The van der Waals surface area contributed by atoms with E-state index in [4.69, 9.17) is 0 Å². The van der Waals surface area contributed by atoms with E-state index in [1.165, 1.54) is 16.3 Å². The first kappa shape index (κ1) is 27.4. The van der Waals surface area contributed by atoms with Crippen molar-refractivity contribution < 1.29 is 0 Å². The van der Waals surface area contributed by atoms with Crippen molar-refractivity contribution in [1.82, 2.24) is 9.13 Å². The molecule has 0 bridgehead atoms. The summed E-state index contributed by atoms with van der Waals surface area (Å²) in [6.07, 6.45) is 0. The molecule has 9 rings (SSSR count). The van der Waals surface area contributed by atoms with Crippen molar-refractivity contribution in [2.24, 2.45) is 0 Å². The first-order chi connectivity index (χ1) is 23.7. The molecular weight excluding hydrogens is 585 g/mol. The molecule has 4 nitrogen and oxygen atoms in total. The number of benzene rings is 7. The van der Waals surface area contributed by atoms with Crippen LogP contribution in [0.1, 0.15) is 11.1 Å². The molecule has 0 aliphatic rings. The summed E-state index contributed by atoms with van der Waals surface area (Å²) >= 11 is 0. The van der Waals surface area contributed by atoms with Gasteiger partial charge in [-0.2, -0.15) is 10.5 Å². The van der Waals surface area contributed by atoms with Crippen LogP contribution >= 0.6 is 0 Å². The summed E-state index contributed by atoms with van der Waals surface area (Å²) < 4.78 is 4.53. The van der Waals surface area contributed by atoms with Crippen LogP contribution in [-0.4, -0.2) is 9.13 Å². The molecule has 0 spiro atoms. The van der Waals surface area contributed by atoms with Crippen molar-refractivity contribution in [3.8, 4) is 45.8 Å². The van der Waals surface area contributed by atoms with Crippen molar-refractivity contribution in [2.45, 2.75) is 0 Å². The Labute approximate surface area is 277 Å². The molecule has 0 aliphatic heterocycles. The van der Waals surface area contributed by atoms with Crippen LogP contribution in [0.5, 0.6) is 0 Å². The fourth-order valence-corrected chi connectivity index (χ4v) is 7.26. The largest absolute Gasteiger partial charge is 0.309 e. The van der Waals surface area contributed by atoms with Gasteiger partial charge in [-0.05, 0) is 71.3 Å². The zero-order valence-electron chi connectivity index (χ0n) is 25.8. The van der Waals surface area contributed by atoms with E-state index in [9.17, 15) is 10.5 Å². The van der Waals surface area contributed by atoms with Gasteiger partial charge < -0.3 is 9.13 Å². The molecule has 0 N–H and O–H groups in total. The first-order valence-corrected chi connectivity index (χ1v) is 15.9. The van der Waals surface area contributed by atoms with Gasteiger partial charge in [0.1, 0.15) is 6.07 Å². The predicted octanol–water partition coefficient (Wildman–Crippen LogP) is 11.0. The van der Waals surface area contributed by atoms with Crippen molar-refractivity contribution >= 4 is 43.6 Å². The maximum absolute atomic E-state index is 10.4. The highest BCUT2D eigenvalue weighted by atomic mass is 15.0. The highest BCUT2D eigenvalue weighted by Gasteiger charge is 2.21. The van der Waals surface area contributed by atoms with Gasteiger partial charge in [0.25, 0.3) is 0 Å². The van der Waals surface area contributed by atoms with Gasteiger partial charge in [0, 0.05) is 32.8 Å². The third-order valence-corrected chi connectivity index (χ3v) is 9.36. The highest BCUT2D eigenvalue weighted by molar-refractivity contribution is 6.13. The smallest absolute Gasteiger partial charge is 0.101 e. The lowest BCUT2D eigenvalue weighted by Crippen LogP contribution is -2.02. The van der Waals surface area contributed by atoms with E-state index in [1.54, 1.807) is 6.07 Å². The maximum atomic E-state index is 10.4. The van der Waals surface area contributed by atoms with Gasteiger partial charge in [-0.1, -0.05) is 103 Å². The topological polar surface area (TPSA) is 57.4 Å². The molecule has 48 heavy (non-hydrogen) atoms. The SMILES string of the molecule is N#Cc1cc(C#N)c(-n2c3ccccc3c3cc(-c4ccc5c6ccccc6n(-c6ccccc6)c5c4)ccc32)c(-c2ccccc2)c1. The Hall–Kier alpha value is -6.88. The summed E-state index contributed by atoms with van der Waals surface area (Å²) in [5, 5.41) is 24.9. The molecule has 7 aromatic carbocycles. The summed E-state index contributed by atoms with van der Waals surface area (Å²) in [4.78, 5) is 0. The van der Waals surface area contributed by atoms with E-state index in [1.807, 2.05) is 42.5 Å². The summed E-state index contributed by atoms with van der Waals surface area (Å²) in [5.41, 5.74) is 11.2. The van der Waals surface area contributed by atoms with Gasteiger partial charge in [0.2, 0.25) is 0 Å². The molecular formula is C44H26N4. The van der Waals surface area contributed by atoms with Gasteiger partial charge in [-0.15, -0.1) is 0 Å². The number of para-hydroxylation sites is 3. The van der Waals surface area contributed by atoms with Crippen LogP contribution < -0.4 is 0 Å². The average Bonchev–Trinajstić information content (AvgIpc) is 3.67. The normalized spacial score (nSPS) is 11.3. The molecule has 0 aliphatic carbocycles. The van der Waals surface area contributed by atoms with E-state index < -0.39 is 0 Å². The van der Waals surface area contributed by atoms with Gasteiger partial charge in [0.15, 0.2) is 0 Å². The lowest BCUT2D eigenvalue weighted by Gasteiger charge is -2.16. The molecule has 0 atom stereocenters. The minimum absolute atomic E-state index is 0.457. The molecule has 2 heterocycles. The molecule has 4 heteroatoms. The van der Waals surface area contributed by atoms with E-state index in [0.29, 0.717) is 11.1 Å². The number of nitriles is 2. The minimum atomic E-state index is 0.457. The second kappa shape index (κ2) is 10.9. The van der Waals surface area contributed by atoms with Gasteiger partial charge >= 0.3 is 0 Å². The average molecular weight is 611 g/mol. The third kappa shape index (κ3) is 4.14. The second-order valence-electron chi connectivity index (χ2n) is 12.0. The third-order valence-electron chi connectivity index (χ3n) is 9.36. The molecule has 222 valence electrons. The van der Waals surface area contributed by atoms with Crippen molar-refractivity contribution in [1.29, 1.82) is 10.5 Å². The van der Waals surface area contributed by atoms with Crippen molar-refractivity contribution in [2.75, 3.05) is 0 Å². The van der Waals surface area contributed by atoms with Crippen LogP contribution in [-0.2, 0) is 0 Å². The van der Waals surface area contributed by atoms with Crippen LogP contribution in [0.15, 0.2) is 158 Å². The Kier molecular flexibility index (Phi) is 6.22. The zero-order valence-corrected chi connectivity index (χ0v) is 25.8. The number of hydrogen-bond acceptors (Lipinski definition) is 2. The maximum Gasteiger partial charge on any atom is 0.101 e. The molecule has 0 fully saturated rings. The quantitative estimate of drug-likeness (QED) is 0.199. The number of hydrogen-bond donors (Lipinski definition) is 0. The zero-order chi connectivity index (χ0) is 32.2. The Morgan fingerprint density at radius 1 is 0.396 bits per heavy atom. The molecule has 0 saturated heterocycles. The van der Waals surface area contributed by atoms with E-state index in [2.05, 4.69) is 130 Å². The van der Waals surface area contributed by atoms with Gasteiger partial charge in [-0.3, -0.25) is 0 Å². The van der Waals surface area contributed by atoms with Crippen LogP contribution in [0, 0.1) is 22.7 Å². The molecule has 9 aromatic rings. The van der Waals surface area contributed by atoms with Gasteiger partial charge in [0.05, 0.1) is 45.0 Å². The van der Waals surface area contributed by atoms with Crippen molar-refractivity contribution in [3.05, 3.63) is 169 Å². The van der Waals surface area contributed by atoms with Crippen molar-refractivity contribution in [3.63, 3.8) is 0 Å².